The summed E-state index contributed by atoms with van der Waals surface area (Å²) in [5.74, 6) is 1.12. The lowest BCUT2D eigenvalue weighted by molar-refractivity contribution is -0.120. The van der Waals surface area contributed by atoms with Crippen LogP contribution in [0.2, 0.25) is 0 Å². The van der Waals surface area contributed by atoms with Crippen LogP contribution in [0.25, 0.3) is 0 Å². The monoisotopic (exact) mass is 331 g/mol. The van der Waals surface area contributed by atoms with Crippen molar-refractivity contribution in [3.05, 3.63) is 54.0 Å². The number of urea groups is 1. The van der Waals surface area contributed by atoms with Gasteiger partial charge < -0.3 is 25.1 Å². The number of carbonyl (C=O) groups is 2. The molecule has 1 heterocycles. The van der Waals surface area contributed by atoms with Crippen molar-refractivity contribution in [2.75, 3.05) is 19.7 Å². The minimum absolute atomic E-state index is 0.106. The number of amides is 3. The molecule has 0 fully saturated rings. The van der Waals surface area contributed by atoms with Gasteiger partial charge in [-0.25, -0.2) is 4.79 Å². The topological polar surface area (TPSA) is 92.6 Å². The molecule has 0 radical (unpaired) electrons. The van der Waals surface area contributed by atoms with Crippen LogP contribution in [0, 0.1) is 6.92 Å². The van der Waals surface area contributed by atoms with Crippen molar-refractivity contribution in [1.29, 1.82) is 0 Å². The van der Waals surface area contributed by atoms with Gasteiger partial charge >= 0.3 is 6.03 Å². The average Bonchev–Trinajstić information content (AvgIpc) is 3.08. The van der Waals surface area contributed by atoms with Crippen molar-refractivity contribution in [2.24, 2.45) is 0 Å². The van der Waals surface area contributed by atoms with Crippen LogP contribution in [-0.4, -0.2) is 31.6 Å². The first kappa shape index (κ1) is 17.4. The molecule has 0 atom stereocenters. The van der Waals surface area contributed by atoms with Crippen LogP contribution in [0.5, 0.6) is 5.75 Å². The Balaban J connectivity index is 1.53. The maximum absolute atomic E-state index is 11.6. The smallest absolute Gasteiger partial charge is 0.315 e. The number of hydrogen-bond acceptors (Lipinski definition) is 4. The van der Waals surface area contributed by atoms with Gasteiger partial charge in [-0.2, -0.15) is 0 Å². The van der Waals surface area contributed by atoms with Crippen molar-refractivity contribution >= 4 is 11.9 Å². The van der Waals surface area contributed by atoms with Gasteiger partial charge in [0.2, 0.25) is 5.91 Å². The number of aryl methyl sites for hydroxylation is 1. The first-order chi connectivity index (χ1) is 11.6. The van der Waals surface area contributed by atoms with Crippen molar-refractivity contribution in [3.63, 3.8) is 0 Å². The maximum Gasteiger partial charge on any atom is 0.315 e. The Morgan fingerprint density at radius 2 is 2.00 bits per heavy atom. The van der Waals surface area contributed by atoms with Gasteiger partial charge in [-0.1, -0.05) is 12.1 Å². The molecule has 7 nitrogen and oxygen atoms in total. The van der Waals surface area contributed by atoms with E-state index < -0.39 is 6.03 Å². The number of hydrogen-bond donors (Lipinski definition) is 3. The molecule has 3 N–H and O–H groups in total. The SMILES string of the molecule is Cc1cccc(OCCNC(=O)NCC(=O)NCc2ccco2)c1. The van der Waals surface area contributed by atoms with E-state index in [-0.39, 0.29) is 12.5 Å². The van der Waals surface area contributed by atoms with Crippen molar-refractivity contribution < 1.29 is 18.7 Å². The summed E-state index contributed by atoms with van der Waals surface area (Å²) in [5, 5.41) is 7.73. The Kier molecular flexibility index (Phi) is 6.70. The van der Waals surface area contributed by atoms with E-state index in [1.807, 2.05) is 31.2 Å². The molecule has 7 heteroatoms. The molecule has 2 aromatic rings. The molecule has 0 saturated heterocycles. The summed E-state index contributed by atoms with van der Waals surface area (Å²) < 4.78 is 10.6. The fourth-order valence-corrected chi connectivity index (χ4v) is 1.92. The zero-order valence-electron chi connectivity index (χ0n) is 13.5. The number of furan rings is 1. The summed E-state index contributed by atoms with van der Waals surface area (Å²) in [7, 11) is 0. The number of ether oxygens (including phenoxy) is 1. The zero-order chi connectivity index (χ0) is 17.2. The molecule has 2 rings (SSSR count). The van der Waals surface area contributed by atoms with Crippen LogP contribution in [0.4, 0.5) is 4.79 Å². The van der Waals surface area contributed by atoms with Crippen molar-refractivity contribution in [1.82, 2.24) is 16.0 Å². The number of benzene rings is 1. The molecule has 1 aromatic heterocycles. The van der Waals surface area contributed by atoms with Crippen LogP contribution >= 0.6 is 0 Å². The van der Waals surface area contributed by atoms with E-state index in [4.69, 9.17) is 9.15 Å². The quantitative estimate of drug-likeness (QED) is 0.640. The number of rotatable bonds is 8. The van der Waals surface area contributed by atoms with E-state index in [0.29, 0.717) is 25.5 Å². The van der Waals surface area contributed by atoms with E-state index in [0.717, 1.165) is 11.3 Å². The second kappa shape index (κ2) is 9.24. The third-order valence-corrected chi connectivity index (χ3v) is 3.10. The van der Waals surface area contributed by atoms with E-state index in [1.165, 1.54) is 6.26 Å². The Bertz CT molecular complexity index is 656. The van der Waals surface area contributed by atoms with E-state index in [9.17, 15) is 9.59 Å². The molecular weight excluding hydrogens is 310 g/mol. The fourth-order valence-electron chi connectivity index (χ4n) is 1.92. The van der Waals surface area contributed by atoms with Gasteiger partial charge in [-0.05, 0) is 36.8 Å². The lowest BCUT2D eigenvalue weighted by atomic mass is 10.2. The summed E-state index contributed by atoms with van der Waals surface area (Å²) in [6, 6.07) is 10.7. The third kappa shape index (κ3) is 6.43. The van der Waals surface area contributed by atoms with Crippen LogP contribution in [0.1, 0.15) is 11.3 Å². The molecule has 128 valence electrons. The third-order valence-electron chi connectivity index (χ3n) is 3.10. The first-order valence-corrected chi connectivity index (χ1v) is 7.64. The highest BCUT2D eigenvalue weighted by Crippen LogP contribution is 2.11. The fraction of sp³-hybridized carbons (Fsp3) is 0.294. The van der Waals surface area contributed by atoms with Gasteiger partial charge in [0.05, 0.1) is 25.9 Å². The summed E-state index contributed by atoms with van der Waals surface area (Å²) in [6.45, 7) is 2.86. The predicted molar refractivity (Wildman–Crippen MR) is 88.6 cm³/mol. The van der Waals surface area contributed by atoms with E-state index >= 15 is 0 Å². The molecule has 0 saturated carbocycles. The highest BCUT2D eigenvalue weighted by Gasteiger charge is 2.05. The molecule has 0 aliphatic heterocycles. The Morgan fingerprint density at radius 1 is 1.12 bits per heavy atom. The van der Waals surface area contributed by atoms with Gasteiger partial charge in [0, 0.05) is 0 Å². The molecule has 1 aromatic carbocycles. The highest BCUT2D eigenvalue weighted by atomic mass is 16.5. The summed E-state index contributed by atoms with van der Waals surface area (Å²) in [4.78, 5) is 23.1. The summed E-state index contributed by atoms with van der Waals surface area (Å²) in [5.41, 5.74) is 1.11. The summed E-state index contributed by atoms with van der Waals surface area (Å²) in [6.07, 6.45) is 1.53. The molecule has 0 aliphatic carbocycles. The van der Waals surface area contributed by atoms with Gasteiger partial charge in [0.1, 0.15) is 18.1 Å². The molecular formula is C17H21N3O4. The highest BCUT2D eigenvalue weighted by molar-refractivity contribution is 5.83. The average molecular weight is 331 g/mol. The van der Waals surface area contributed by atoms with Crippen LogP contribution in [0.15, 0.2) is 47.1 Å². The Hall–Kier alpha value is -2.96. The lowest BCUT2D eigenvalue weighted by Crippen LogP contribution is -2.42. The van der Waals surface area contributed by atoms with Crippen molar-refractivity contribution in [3.8, 4) is 5.75 Å². The number of carbonyl (C=O) groups excluding carboxylic acids is 2. The van der Waals surface area contributed by atoms with Crippen LogP contribution < -0.4 is 20.7 Å². The molecule has 24 heavy (non-hydrogen) atoms. The lowest BCUT2D eigenvalue weighted by Gasteiger charge is -2.09. The normalized spacial score (nSPS) is 10.0. The molecule has 0 spiro atoms. The Morgan fingerprint density at radius 3 is 2.75 bits per heavy atom. The van der Waals surface area contributed by atoms with E-state index in [1.54, 1.807) is 12.1 Å². The maximum atomic E-state index is 11.6. The molecule has 0 unspecified atom stereocenters. The largest absolute Gasteiger partial charge is 0.492 e. The molecule has 0 bridgehead atoms. The molecule has 3 amide bonds. The van der Waals surface area contributed by atoms with E-state index in [2.05, 4.69) is 16.0 Å². The number of nitrogens with one attached hydrogen (secondary N) is 3. The minimum atomic E-state index is -0.420. The summed E-state index contributed by atoms with van der Waals surface area (Å²) >= 11 is 0. The van der Waals surface area contributed by atoms with Crippen molar-refractivity contribution in [2.45, 2.75) is 13.5 Å². The van der Waals surface area contributed by atoms with Gasteiger partial charge in [-0.15, -0.1) is 0 Å². The second-order valence-corrected chi connectivity index (χ2v) is 5.13. The van der Waals surface area contributed by atoms with Crippen LogP contribution in [-0.2, 0) is 11.3 Å². The van der Waals surface area contributed by atoms with Crippen LogP contribution in [0.3, 0.4) is 0 Å². The van der Waals surface area contributed by atoms with Gasteiger partial charge in [0.15, 0.2) is 0 Å². The Labute approximate surface area is 140 Å². The zero-order valence-corrected chi connectivity index (χ0v) is 13.5. The molecule has 0 aliphatic rings. The first-order valence-electron chi connectivity index (χ1n) is 7.64. The van der Waals surface area contributed by atoms with Gasteiger partial charge in [0.25, 0.3) is 0 Å². The minimum Gasteiger partial charge on any atom is -0.492 e. The predicted octanol–water partition coefficient (Wildman–Crippen LogP) is 1.58. The second-order valence-electron chi connectivity index (χ2n) is 5.13. The standard InChI is InChI=1S/C17H21N3O4/c1-13-4-2-5-14(10-13)24-9-7-18-17(22)20-12-16(21)19-11-15-6-3-8-23-15/h2-6,8,10H,7,9,11-12H2,1H3,(H,19,21)(H2,18,20,22). The van der Waals surface area contributed by atoms with Gasteiger partial charge in [-0.3, -0.25) is 4.79 Å².